The van der Waals surface area contributed by atoms with Crippen LogP contribution in [0.2, 0.25) is 0 Å². The van der Waals surface area contributed by atoms with Gasteiger partial charge in [-0.05, 0) is 41.4 Å². The van der Waals surface area contributed by atoms with Crippen LogP contribution in [0, 0.1) is 6.92 Å². The van der Waals surface area contributed by atoms with Gasteiger partial charge in [-0.3, -0.25) is 14.4 Å². The number of pyridine rings is 1. The van der Waals surface area contributed by atoms with E-state index >= 15 is 0 Å². The van der Waals surface area contributed by atoms with Gasteiger partial charge in [0.1, 0.15) is 11.5 Å². The maximum atomic E-state index is 11.1. The topological polar surface area (TPSA) is 78.7 Å². The van der Waals surface area contributed by atoms with E-state index in [4.69, 9.17) is 5.21 Å². The Hall–Kier alpha value is -1.60. The lowest BCUT2D eigenvalue weighted by molar-refractivity contribution is -0.127. The van der Waals surface area contributed by atoms with Crippen LogP contribution in [0.25, 0.3) is 5.65 Å². The summed E-state index contributed by atoms with van der Waals surface area (Å²) in [6.07, 6.45) is 0.779. The summed E-state index contributed by atoms with van der Waals surface area (Å²) in [6.45, 7) is 4.01. The summed E-state index contributed by atoms with van der Waals surface area (Å²) in [5.74, 6) is 0.157. The van der Waals surface area contributed by atoms with Crippen LogP contribution in [-0.2, 0) is 11.2 Å². The van der Waals surface area contributed by atoms with Crippen molar-refractivity contribution in [2.24, 2.45) is 0 Å². The van der Waals surface area contributed by atoms with Gasteiger partial charge in [0.15, 0.2) is 0 Å². The van der Waals surface area contributed by atoms with E-state index in [1.54, 1.807) is 5.48 Å². The van der Waals surface area contributed by atoms with Crippen LogP contribution in [0.1, 0.15) is 18.3 Å². The van der Waals surface area contributed by atoms with E-state index in [1.807, 2.05) is 30.4 Å². The molecule has 2 aromatic rings. The molecular formula is C12H15BrN4O2. The van der Waals surface area contributed by atoms with Gasteiger partial charge in [0, 0.05) is 10.2 Å². The summed E-state index contributed by atoms with van der Waals surface area (Å²) in [5.41, 5.74) is 4.46. The number of nitrogens with zero attached hydrogens (tertiary/aromatic N) is 2. The number of fused-ring (bicyclic) bond motifs is 1. The van der Waals surface area contributed by atoms with E-state index in [9.17, 15) is 4.79 Å². The Kier molecular flexibility index (Phi) is 4.06. The maximum Gasteiger partial charge on any atom is 0.262 e. The first-order chi connectivity index (χ1) is 9.08. The number of carbonyl (C=O) groups is 1. The molecular weight excluding hydrogens is 312 g/mol. The molecule has 0 radical (unpaired) electrons. The number of hydrogen-bond donors (Lipinski definition) is 3. The molecule has 0 fully saturated rings. The van der Waals surface area contributed by atoms with E-state index in [1.165, 1.54) is 0 Å². The Morgan fingerprint density at radius 3 is 2.89 bits per heavy atom. The first-order valence-corrected chi connectivity index (χ1v) is 6.71. The summed E-state index contributed by atoms with van der Waals surface area (Å²) < 4.78 is 3.05. The lowest BCUT2D eigenvalue weighted by atomic mass is 10.3. The van der Waals surface area contributed by atoms with E-state index in [0.29, 0.717) is 5.82 Å². The van der Waals surface area contributed by atoms with E-state index in [-0.39, 0.29) is 6.54 Å². The Morgan fingerprint density at radius 2 is 2.26 bits per heavy atom. The third-order valence-electron chi connectivity index (χ3n) is 2.93. The normalized spacial score (nSPS) is 10.7. The lowest BCUT2D eigenvalue weighted by Crippen LogP contribution is -2.27. The zero-order valence-electron chi connectivity index (χ0n) is 10.7. The van der Waals surface area contributed by atoms with E-state index < -0.39 is 5.91 Å². The second kappa shape index (κ2) is 5.58. The second-order valence-electron chi connectivity index (χ2n) is 4.11. The number of hydrogen-bond acceptors (Lipinski definition) is 4. The van der Waals surface area contributed by atoms with Gasteiger partial charge in [-0.15, -0.1) is 0 Å². The average molecular weight is 327 g/mol. The van der Waals surface area contributed by atoms with Gasteiger partial charge >= 0.3 is 0 Å². The first kappa shape index (κ1) is 13.8. The summed E-state index contributed by atoms with van der Waals surface area (Å²) in [5, 5.41) is 11.4. The molecule has 0 aliphatic rings. The standard InChI is InChI=1S/C12H15BrN4O2/c1-3-9-12(14-6-11(18)16-19)15-10-5-4-8(13)7(2)17(9)10/h4-5,14,19H,3,6H2,1-2H3,(H,16,18). The van der Waals surface area contributed by atoms with Crippen molar-refractivity contribution in [1.82, 2.24) is 14.9 Å². The van der Waals surface area contributed by atoms with Crippen molar-refractivity contribution in [3.05, 3.63) is 28.0 Å². The average Bonchev–Trinajstić information content (AvgIpc) is 2.78. The van der Waals surface area contributed by atoms with Crippen molar-refractivity contribution in [1.29, 1.82) is 0 Å². The lowest BCUT2D eigenvalue weighted by Gasteiger charge is -2.07. The predicted octanol–water partition coefficient (Wildman–Crippen LogP) is 1.88. The minimum absolute atomic E-state index is 0.0202. The Labute approximate surface area is 118 Å². The first-order valence-electron chi connectivity index (χ1n) is 5.91. The molecule has 0 saturated heterocycles. The molecule has 7 heteroatoms. The number of aromatic nitrogens is 2. The number of imidazole rings is 1. The summed E-state index contributed by atoms with van der Waals surface area (Å²) in [6, 6.07) is 3.86. The number of aryl methyl sites for hydroxylation is 2. The zero-order chi connectivity index (χ0) is 14.0. The molecule has 0 saturated carbocycles. The molecule has 2 heterocycles. The van der Waals surface area contributed by atoms with Crippen molar-refractivity contribution >= 4 is 33.3 Å². The van der Waals surface area contributed by atoms with Gasteiger partial charge in [0.05, 0.1) is 12.2 Å². The fraction of sp³-hybridized carbons (Fsp3) is 0.333. The van der Waals surface area contributed by atoms with Gasteiger partial charge < -0.3 is 5.32 Å². The van der Waals surface area contributed by atoms with Crippen molar-refractivity contribution in [3.8, 4) is 0 Å². The maximum absolute atomic E-state index is 11.1. The molecule has 0 spiro atoms. The summed E-state index contributed by atoms with van der Waals surface area (Å²) >= 11 is 3.50. The van der Waals surface area contributed by atoms with Gasteiger partial charge in [-0.1, -0.05) is 6.92 Å². The quantitative estimate of drug-likeness (QED) is 0.592. The fourth-order valence-corrected chi connectivity index (χ4v) is 2.31. The number of hydroxylamine groups is 1. The van der Waals surface area contributed by atoms with Crippen LogP contribution in [-0.4, -0.2) is 27.0 Å². The van der Waals surface area contributed by atoms with Crippen LogP contribution >= 0.6 is 15.9 Å². The molecule has 0 bridgehead atoms. The zero-order valence-corrected chi connectivity index (χ0v) is 12.3. The number of amides is 1. The molecule has 2 rings (SSSR count). The van der Waals surface area contributed by atoms with Gasteiger partial charge in [-0.25, -0.2) is 10.5 Å². The summed E-state index contributed by atoms with van der Waals surface area (Å²) in [7, 11) is 0. The number of halogens is 1. The molecule has 0 unspecified atom stereocenters. The molecule has 0 aromatic carbocycles. The number of nitrogens with one attached hydrogen (secondary N) is 2. The van der Waals surface area contributed by atoms with Crippen LogP contribution < -0.4 is 10.8 Å². The molecule has 0 aliphatic carbocycles. The minimum atomic E-state index is -0.503. The molecule has 6 nitrogen and oxygen atoms in total. The molecule has 2 aromatic heterocycles. The van der Waals surface area contributed by atoms with Gasteiger partial charge in [-0.2, -0.15) is 0 Å². The number of carbonyl (C=O) groups excluding carboxylic acids is 1. The van der Waals surface area contributed by atoms with Crippen LogP contribution in [0.4, 0.5) is 5.82 Å². The number of anilines is 1. The fourth-order valence-electron chi connectivity index (χ4n) is 2.01. The minimum Gasteiger partial charge on any atom is -0.359 e. The third kappa shape index (κ3) is 2.57. The molecule has 19 heavy (non-hydrogen) atoms. The molecule has 102 valence electrons. The van der Waals surface area contributed by atoms with Crippen LogP contribution in [0.15, 0.2) is 16.6 Å². The van der Waals surface area contributed by atoms with E-state index in [2.05, 4.69) is 26.2 Å². The van der Waals surface area contributed by atoms with Crippen molar-refractivity contribution in [2.75, 3.05) is 11.9 Å². The Balaban J connectivity index is 2.45. The largest absolute Gasteiger partial charge is 0.359 e. The molecule has 0 aliphatic heterocycles. The highest BCUT2D eigenvalue weighted by Crippen LogP contribution is 2.24. The molecule has 0 atom stereocenters. The monoisotopic (exact) mass is 326 g/mol. The Bertz CT molecular complexity index is 624. The second-order valence-corrected chi connectivity index (χ2v) is 4.96. The highest BCUT2D eigenvalue weighted by Gasteiger charge is 2.14. The highest BCUT2D eigenvalue weighted by atomic mass is 79.9. The van der Waals surface area contributed by atoms with Crippen molar-refractivity contribution in [3.63, 3.8) is 0 Å². The third-order valence-corrected chi connectivity index (χ3v) is 3.77. The summed E-state index contributed by atoms with van der Waals surface area (Å²) in [4.78, 5) is 15.5. The Morgan fingerprint density at radius 1 is 1.53 bits per heavy atom. The van der Waals surface area contributed by atoms with Crippen molar-refractivity contribution < 1.29 is 10.0 Å². The number of rotatable bonds is 4. The van der Waals surface area contributed by atoms with Gasteiger partial charge in [0.25, 0.3) is 5.91 Å². The smallest absolute Gasteiger partial charge is 0.262 e. The predicted molar refractivity (Wildman–Crippen MR) is 75.4 cm³/mol. The van der Waals surface area contributed by atoms with E-state index in [0.717, 1.165) is 27.9 Å². The highest BCUT2D eigenvalue weighted by molar-refractivity contribution is 9.10. The van der Waals surface area contributed by atoms with Gasteiger partial charge in [0.2, 0.25) is 0 Å². The van der Waals surface area contributed by atoms with Crippen molar-refractivity contribution in [2.45, 2.75) is 20.3 Å². The SMILES string of the molecule is CCc1c(NCC(=O)NO)nc2ccc(Br)c(C)n12. The molecule has 1 amide bonds. The van der Waals surface area contributed by atoms with Crippen LogP contribution in [0.5, 0.6) is 0 Å². The van der Waals surface area contributed by atoms with Crippen LogP contribution in [0.3, 0.4) is 0 Å². The molecule has 3 N–H and O–H groups in total.